The molecule has 0 radical (unpaired) electrons. The van der Waals surface area contributed by atoms with E-state index in [2.05, 4.69) is 33.1 Å². The van der Waals surface area contributed by atoms with E-state index in [1.807, 2.05) is 0 Å². The minimum Gasteiger partial charge on any atom is -0.295 e. The summed E-state index contributed by atoms with van der Waals surface area (Å²) in [7, 11) is 0. The highest BCUT2D eigenvalue weighted by molar-refractivity contribution is 5.94. The lowest BCUT2D eigenvalue weighted by Crippen LogP contribution is -2.08. The maximum absolute atomic E-state index is 11.7. The molecule has 0 aromatic rings. The summed E-state index contributed by atoms with van der Waals surface area (Å²) < 4.78 is 0. The average molecular weight is 218 g/mol. The van der Waals surface area contributed by atoms with E-state index in [-0.39, 0.29) is 5.78 Å². The summed E-state index contributed by atoms with van der Waals surface area (Å²) in [5.41, 5.74) is 3.32. The van der Waals surface area contributed by atoms with E-state index in [0.717, 1.165) is 31.3 Å². The topological polar surface area (TPSA) is 17.1 Å². The number of rotatable bonds is 1. The van der Waals surface area contributed by atoms with Gasteiger partial charge in [0.1, 0.15) is 0 Å². The van der Waals surface area contributed by atoms with E-state index >= 15 is 0 Å². The van der Waals surface area contributed by atoms with Gasteiger partial charge in [0.15, 0.2) is 5.78 Å². The van der Waals surface area contributed by atoms with Gasteiger partial charge in [-0.15, -0.1) is 0 Å². The zero-order valence-electron chi connectivity index (χ0n) is 10.5. The molecule has 16 heavy (non-hydrogen) atoms. The molecule has 0 fully saturated rings. The van der Waals surface area contributed by atoms with E-state index in [9.17, 15) is 4.79 Å². The molecule has 1 atom stereocenters. The minimum absolute atomic E-state index is 0.232. The predicted molar refractivity (Wildman–Crippen MR) is 69.3 cm³/mol. The van der Waals surface area contributed by atoms with Gasteiger partial charge in [0.2, 0.25) is 0 Å². The molecule has 0 bridgehead atoms. The van der Waals surface area contributed by atoms with Crippen LogP contribution in [0, 0.1) is 5.92 Å². The highest BCUT2D eigenvalue weighted by Gasteiger charge is 2.14. The Morgan fingerprint density at radius 1 is 1.38 bits per heavy atom. The Morgan fingerprint density at radius 3 is 2.69 bits per heavy atom. The van der Waals surface area contributed by atoms with Crippen molar-refractivity contribution in [3.05, 3.63) is 36.0 Å². The molecular formula is C15H22O. The summed E-state index contributed by atoms with van der Waals surface area (Å²) in [6.07, 6.45) is 6.65. The molecule has 0 amide bonds. The number of carbonyl (C=O) groups is 1. The van der Waals surface area contributed by atoms with Gasteiger partial charge in [-0.3, -0.25) is 4.79 Å². The van der Waals surface area contributed by atoms with Crippen LogP contribution in [0.5, 0.6) is 0 Å². The SMILES string of the molecule is C=C1CCC(C(=C)C)C/C=C(\C)CCC1=O. The van der Waals surface area contributed by atoms with Crippen LogP contribution in [0.2, 0.25) is 0 Å². The van der Waals surface area contributed by atoms with Crippen LogP contribution in [0.4, 0.5) is 0 Å². The van der Waals surface area contributed by atoms with Gasteiger partial charge in [0.25, 0.3) is 0 Å². The molecule has 0 aliphatic heterocycles. The summed E-state index contributed by atoms with van der Waals surface area (Å²) in [5.74, 6) is 0.729. The maximum Gasteiger partial charge on any atom is 0.158 e. The van der Waals surface area contributed by atoms with Crippen molar-refractivity contribution in [3.63, 3.8) is 0 Å². The van der Waals surface area contributed by atoms with E-state index in [4.69, 9.17) is 0 Å². The molecule has 0 saturated heterocycles. The molecule has 1 aliphatic rings. The first-order valence-electron chi connectivity index (χ1n) is 6.02. The third-order valence-corrected chi connectivity index (χ3v) is 3.38. The molecule has 0 saturated carbocycles. The number of carbonyl (C=O) groups excluding carboxylic acids is 1. The Labute approximate surface area is 98.9 Å². The Balaban J connectivity index is 2.78. The standard InChI is InChI=1S/C15H22O/c1-11(2)14-8-5-12(3)6-10-15(16)13(4)7-9-14/h5,14H,1,4,6-10H2,2-3H3/b12-5+. The molecule has 1 aliphatic carbocycles. The van der Waals surface area contributed by atoms with Gasteiger partial charge in [0.05, 0.1) is 0 Å². The van der Waals surface area contributed by atoms with Crippen LogP contribution < -0.4 is 0 Å². The Kier molecular flexibility index (Phi) is 4.72. The number of ketones is 1. The summed E-state index contributed by atoms with van der Waals surface area (Å²) in [6.45, 7) is 12.1. The lowest BCUT2D eigenvalue weighted by molar-refractivity contribution is -0.115. The lowest BCUT2D eigenvalue weighted by atomic mass is 9.87. The monoisotopic (exact) mass is 218 g/mol. The second kappa shape index (κ2) is 5.83. The molecule has 0 aromatic carbocycles. The van der Waals surface area contributed by atoms with Crippen molar-refractivity contribution in [2.24, 2.45) is 5.92 Å². The van der Waals surface area contributed by atoms with Crippen LogP contribution >= 0.6 is 0 Å². The van der Waals surface area contributed by atoms with Crippen molar-refractivity contribution >= 4 is 5.78 Å². The number of Topliss-reactive ketones (excluding diaryl/α,β-unsaturated/α-hetero) is 1. The molecule has 88 valence electrons. The summed E-state index contributed by atoms with van der Waals surface area (Å²) in [6, 6.07) is 0. The number of hydrogen-bond acceptors (Lipinski definition) is 1. The fourth-order valence-electron chi connectivity index (χ4n) is 1.99. The van der Waals surface area contributed by atoms with E-state index in [1.165, 1.54) is 11.1 Å². The smallest absolute Gasteiger partial charge is 0.158 e. The van der Waals surface area contributed by atoms with Crippen molar-refractivity contribution < 1.29 is 4.79 Å². The third kappa shape index (κ3) is 3.80. The van der Waals surface area contributed by atoms with Crippen molar-refractivity contribution in [3.8, 4) is 0 Å². The quantitative estimate of drug-likeness (QED) is 0.476. The molecule has 1 rings (SSSR count). The zero-order valence-corrected chi connectivity index (χ0v) is 10.5. The van der Waals surface area contributed by atoms with Crippen LogP contribution in [-0.2, 0) is 4.79 Å². The van der Waals surface area contributed by atoms with E-state index in [0.29, 0.717) is 12.3 Å². The van der Waals surface area contributed by atoms with Gasteiger partial charge in [0, 0.05) is 6.42 Å². The third-order valence-electron chi connectivity index (χ3n) is 3.38. The van der Waals surface area contributed by atoms with E-state index in [1.54, 1.807) is 0 Å². The highest BCUT2D eigenvalue weighted by atomic mass is 16.1. The van der Waals surface area contributed by atoms with Gasteiger partial charge in [-0.1, -0.05) is 30.4 Å². The van der Waals surface area contributed by atoms with Gasteiger partial charge in [-0.25, -0.2) is 0 Å². The van der Waals surface area contributed by atoms with Crippen molar-refractivity contribution in [2.75, 3.05) is 0 Å². The molecule has 0 heterocycles. The maximum atomic E-state index is 11.7. The Hall–Kier alpha value is -1.11. The zero-order chi connectivity index (χ0) is 12.1. The average Bonchev–Trinajstić information content (AvgIpc) is 2.23. The van der Waals surface area contributed by atoms with Gasteiger partial charge >= 0.3 is 0 Å². The number of allylic oxidation sites excluding steroid dienone is 4. The second-order valence-corrected chi connectivity index (χ2v) is 4.89. The predicted octanol–water partition coefficient (Wildman–Crippen LogP) is 4.21. The minimum atomic E-state index is 0.232. The lowest BCUT2D eigenvalue weighted by Gasteiger charge is -2.17. The first-order chi connectivity index (χ1) is 7.50. The van der Waals surface area contributed by atoms with Crippen LogP contribution in [0.3, 0.4) is 0 Å². The summed E-state index contributed by atoms with van der Waals surface area (Å²) >= 11 is 0. The van der Waals surface area contributed by atoms with Crippen molar-refractivity contribution in [1.82, 2.24) is 0 Å². The van der Waals surface area contributed by atoms with E-state index < -0.39 is 0 Å². The molecule has 0 spiro atoms. The van der Waals surface area contributed by atoms with Gasteiger partial charge in [-0.05, 0) is 51.0 Å². The van der Waals surface area contributed by atoms with Crippen LogP contribution in [0.1, 0.15) is 46.0 Å². The van der Waals surface area contributed by atoms with Crippen LogP contribution in [0.25, 0.3) is 0 Å². The van der Waals surface area contributed by atoms with Crippen LogP contribution in [-0.4, -0.2) is 5.78 Å². The van der Waals surface area contributed by atoms with Gasteiger partial charge in [-0.2, -0.15) is 0 Å². The molecule has 0 aromatic heterocycles. The fraction of sp³-hybridized carbons (Fsp3) is 0.533. The number of hydrogen-bond donors (Lipinski definition) is 0. The Morgan fingerprint density at radius 2 is 2.06 bits per heavy atom. The second-order valence-electron chi connectivity index (χ2n) is 4.89. The van der Waals surface area contributed by atoms with Crippen LogP contribution in [0.15, 0.2) is 36.0 Å². The highest BCUT2D eigenvalue weighted by Crippen LogP contribution is 2.25. The summed E-state index contributed by atoms with van der Waals surface area (Å²) in [4.78, 5) is 11.7. The Bertz CT molecular complexity index is 333. The first kappa shape index (κ1) is 13.0. The first-order valence-corrected chi connectivity index (χ1v) is 6.02. The normalized spacial score (nSPS) is 27.1. The van der Waals surface area contributed by atoms with Crippen molar-refractivity contribution in [1.29, 1.82) is 0 Å². The molecule has 0 N–H and O–H groups in total. The molecule has 1 heteroatoms. The largest absolute Gasteiger partial charge is 0.295 e. The van der Waals surface area contributed by atoms with Gasteiger partial charge < -0.3 is 0 Å². The molecule has 1 nitrogen and oxygen atoms in total. The summed E-state index contributed by atoms with van der Waals surface area (Å²) in [5, 5.41) is 0. The van der Waals surface area contributed by atoms with Crippen molar-refractivity contribution in [2.45, 2.75) is 46.0 Å². The molecular weight excluding hydrogens is 196 g/mol. The molecule has 1 unspecified atom stereocenters. The fourth-order valence-corrected chi connectivity index (χ4v) is 1.99.